The van der Waals surface area contributed by atoms with Crippen molar-refractivity contribution in [2.45, 2.75) is 52.2 Å². The van der Waals surface area contributed by atoms with Crippen LogP contribution >= 0.6 is 27.0 Å². The minimum atomic E-state index is -4.63. The number of aromatic nitrogens is 1. The van der Waals surface area contributed by atoms with Gasteiger partial charge in [0, 0.05) is 23.8 Å². The highest BCUT2D eigenvalue weighted by Gasteiger charge is 2.50. The molecule has 0 aliphatic heterocycles. The largest absolute Gasteiger partial charge is 0.497 e. The summed E-state index contributed by atoms with van der Waals surface area (Å²) in [6.45, 7) is 7.13. The van der Waals surface area contributed by atoms with Crippen molar-refractivity contribution in [2.24, 2.45) is 0 Å². The fourth-order valence-corrected chi connectivity index (χ4v) is 11.7. The molecule has 0 spiro atoms. The number of thioether (sulfide) groups is 1. The van der Waals surface area contributed by atoms with Crippen molar-refractivity contribution in [2.75, 3.05) is 52.2 Å². The summed E-state index contributed by atoms with van der Waals surface area (Å²) in [5.74, 6) is 1.67. The van der Waals surface area contributed by atoms with Crippen molar-refractivity contribution in [1.29, 1.82) is 0 Å². The van der Waals surface area contributed by atoms with Crippen LogP contribution < -0.4 is 9.47 Å². The molecule has 0 amide bonds. The lowest BCUT2D eigenvalue weighted by Gasteiger charge is -2.31. The van der Waals surface area contributed by atoms with Crippen LogP contribution in [0.5, 0.6) is 11.5 Å². The smallest absolute Gasteiger partial charge is 0.419 e. The SMILES string of the molecule is CCOP(=O)(OCC)C(CCSCCn1c(-c2ccc(OC)cc2)c(C(F)(F)F)c2ccc(OC)cc21)P(=O)(OCC)OCC. The quantitative estimate of drug-likeness (QED) is 0.0898. The number of halogens is 3. The molecular weight excluding hydrogens is 653 g/mol. The van der Waals surface area contributed by atoms with E-state index in [1.54, 1.807) is 62.6 Å². The molecule has 1 heterocycles. The minimum absolute atomic E-state index is 0.0290. The fourth-order valence-electron chi connectivity index (χ4n) is 5.10. The van der Waals surface area contributed by atoms with Crippen LogP contribution in [0, 0.1) is 0 Å². The second-order valence-corrected chi connectivity index (χ2v) is 15.7. The van der Waals surface area contributed by atoms with Gasteiger partial charge in [-0.2, -0.15) is 24.9 Å². The third kappa shape index (κ3) is 8.89. The molecule has 45 heavy (non-hydrogen) atoms. The molecule has 0 unspecified atom stereocenters. The Balaban J connectivity index is 1.97. The maximum Gasteiger partial charge on any atom is 0.419 e. The predicted octanol–water partition coefficient (Wildman–Crippen LogP) is 9.33. The van der Waals surface area contributed by atoms with Crippen LogP contribution in [0.4, 0.5) is 13.2 Å². The van der Waals surface area contributed by atoms with Gasteiger partial charge < -0.3 is 32.1 Å². The number of fused-ring (bicyclic) bond motifs is 1. The first kappa shape index (κ1) is 37.5. The fraction of sp³-hybridized carbons (Fsp3) is 0.533. The number of alkyl halides is 3. The molecule has 2 aromatic carbocycles. The summed E-state index contributed by atoms with van der Waals surface area (Å²) in [6.07, 6.45) is -4.52. The van der Waals surface area contributed by atoms with Gasteiger partial charge in [-0.25, -0.2) is 0 Å². The van der Waals surface area contributed by atoms with E-state index in [0.29, 0.717) is 34.1 Å². The number of methoxy groups -OCH3 is 2. The van der Waals surface area contributed by atoms with Crippen LogP contribution in [-0.2, 0) is 39.9 Å². The number of benzene rings is 2. The van der Waals surface area contributed by atoms with Crippen molar-refractivity contribution >= 4 is 37.9 Å². The number of rotatable bonds is 19. The topological polar surface area (TPSA) is 94.5 Å². The zero-order valence-electron chi connectivity index (χ0n) is 26.4. The van der Waals surface area contributed by atoms with E-state index >= 15 is 0 Å². The third-order valence-electron chi connectivity index (χ3n) is 6.86. The molecule has 0 saturated carbocycles. The van der Waals surface area contributed by atoms with E-state index < -0.39 is 32.3 Å². The van der Waals surface area contributed by atoms with E-state index in [2.05, 4.69) is 0 Å². The van der Waals surface area contributed by atoms with E-state index in [9.17, 15) is 22.3 Å². The summed E-state index contributed by atoms with van der Waals surface area (Å²) in [4.78, 5) is 0. The van der Waals surface area contributed by atoms with Gasteiger partial charge >= 0.3 is 21.4 Å². The second-order valence-electron chi connectivity index (χ2n) is 9.62. The van der Waals surface area contributed by atoms with Crippen LogP contribution in [0.3, 0.4) is 0 Å². The summed E-state index contributed by atoms with van der Waals surface area (Å²) in [6, 6.07) is 11.0. The molecule has 252 valence electrons. The number of aryl methyl sites for hydroxylation is 1. The van der Waals surface area contributed by atoms with Crippen molar-refractivity contribution in [3.63, 3.8) is 0 Å². The molecule has 15 heteroatoms. The maximum atomic E-state index is 14.6. The van der Waals surface area contributed by atoms with Gasteiger partial charge in [0.25, 0.3) is 0 Å². The van der Waals surface area contributed by atoms with Crippen molar-refractivity contribution in [3.8, 4) is 22.8 Å². The van der Waals surface area contributed by atoms with Crippen molar-refractivity contribution < 1.29 is 49.9 Å². The lowest BCUT2D eigenvalue weighted by molar-refractivity contribution is -0.135. The highest BCUT2D eigenvalue weighted by Crippen LogP contribution is 2.71. The summed E-state index contributed by atoms with van der Waals surface area (Å²) >= 11 is 1.41. The lowest BCUT2D eigenvalue weighted by atomic mass is 10.0. The molecule has 9 nitrogen and oxygen atoms in total. The Hall–Kier alpha value is -1.98. The van der Waals surface area contributed by atoms with Gasteiger partial charge in [0.15, 0.2) is 5.40 Å². The van der Waals surface area contributed by atoms with E-state index in [1.807, 2.05) is 0 Å². The van der Waals surface area contributed by atoms with E-state index in [1.165, 1.54) is 38.1 Å². The van der Waals surface area contributed by atoms with Gasteiger partial charge in [-0.3, -0.25) is 9.13 Å². The summed E-state index contributed by atoms with van der Waals surface area (Å²) < 4.78 is 106. The van der Waals surface area contributed by atoms with Gasteiger partial charge in [-0.1, -0.05) is 0 Å². The van der Waals surface area contributed by atoms with Crippen LogP contribution in [0.15, 0.2) is 42.5 Å². The van der Waals surface area contributed by atoms with Crippen LogP contribution in [0.2, 0.25) is 0 Å². The molecule has 3 aromatic rings. The van der Waals surface area contributed by atoms with E-state index in [-0.39, 0.29) is 50.5 Å². The first-order chi connectivity index (χ1) is 21.4. The van der Waals surface area contributed by atoms with Gasteiger partial charge in [-0.05, 0) is 81.8 Å². The molecule has 0 saturated heterocycles. The molecule has 0 radical (unpaired) electrons. The lowest BCUT2D eigenvalue weighted by Crippen LogP contribution is -2.19. The molecule has 0 bridgehead atoms. The Kier molecular flexibility index (Phi) is 13.9. The monoisotopic (exact) mass is 695 g/mol. The first-order valence-corrected chi connectivity index (χ1v) is 19.1. The second kappa shape index (κ2) is 16.7. The van der Waals surface area contributed by atoms with Crippen LogP contribution in [0.1, 0.15) is 39.7 Å². The molecule has 0 atom stereocenters. The zero-order chi connectivity index (χ0) is 33.3. The average molecular weight is 696 g/mol. The summed E-state index contributed by atoms with van der Waals surface area (Å²) in [7, 11) is -4.87. The van der Waals surface area contributed by atoms with Gasteiger partial charge in [0.2, 0.25) is 0 Å². The predicted molar refractivity (Wildman–Crippen MR) is 173 cm³/mol. The van der Waals surface area contributed by atoms with Gasteiger partial charge in [-0.15, -0.1) is 0 Å². The Morgan fingerprint density at radius 2 is 1.29 bits per heavy atom. The van der Waals surface area contributed by atoms with E-state index in [0.717, 1.165) is 0 Å². The minimum Gasteiger partial charge on any atom is -0.497 e. The third-order valence-corrected chi connectivity index (χ3v) is 14.0. The Bertz CT molecular complexity index is 1430. The first-order valence-electron chi connectivity index (χ1n) is 14.7. The number of hydrogen-bond donors (Lipinski definition) is 0. The van der Waals surface area contributed by atoms with Gasteiger partial charge in [0.05, 0.1) is 57.4 Å². The summed E-state index contributed by atoms with van der Waals surface area (Å²) in [5.41, 5.74) is 0.0489. The van der Waals surface area contributed by atoms with Gasteiger partial charge in [0.1, 0.15) is 11.5 Å². The molecular formula is C30H42F3NO8P2S. The molecule has 3 rings (SSSR count). The van der Waals surface area contributed by atoms with Crippen molar-refractivity contribution in [3.05, 3.63) is 48.0 Å². The van der Waals surface area contributed by atoms with Crippen molar-refractivity contribution in [1.82, 2.24) is 4.57 Å². The standard InChI is InChI=1S/C30H42F3NO8P2S/c1-7-39-43(35,40-8-2)27(44(36,41-9-3)42-10-4)17-19-45-20-18-34-26-21-24(38-6)15-16-25(26)28(30(31,32)33)29(34)22-11-13-23(37-5)14-12-22/h11-16,21,27H,7-10,17-20H2,1-6H3. The molecule has 1 aromatic heterocycles. The normalized spacial score (nSPS) is 12.8. The molecule has 0 aliphatic rings. The Morgan fingerprint density at radius 3 is 1.76 bits per heavy atom. The molecule has 0 N–H and O–H groups in total. The maximum absolute atomic E-state index is 14.6. The molecule has 0 aliphatic carbocycles. The Labute approximate surface area is 267 Å². The number of ether oxygens (including phenoxy) is 2. The average Bonchev–Trinajstić information content (AvgIpc) is 3.33. The molecule has 0 fully saturated rings. The number of hydrogen-bond acceptors (Lipinski definition) is 9. The van der Waals surface area contributed by atoms with Crippen LogP contribution in [0.25, 0.3) is 22.2 Å². The van der Waals surface area contributed by atoms with E-state index in [4.69, 9.17) is 27.6 Å². The Morgan fingerprint density at radius 1 is 0.778 bits per heavy atom. The summed E-state index contributed by atoms with van der Waals surface area (Å²) in [5, 5.41) is -1.11. The highest BCUT2D eigenvalue weighted by molar-refractivity contribution is 7.99. The highest BCUT2D eigenvalue weighted by atomic mass is 32.2. The zero-order valence-corrected chi connectivity index (χ0v) is 29.0. The van der Waals surface area contributed by atoms with Crippen LogP contribution in [-0.4, -0.2) is 62.1 Å². The number of nitrogens with zero attached hydrogens (tertiary/aromatic N) is 1.